The van der Waals surface area contributed by atoms with Crippen LogP contribution in [0.25, 0.3) is 0 Å². The van der Waals surface area contributed by atoms with E-state index in [9.17, 15) is 115 Å². The summed E-state index contributed by atoms with van der Waals surface area (Å²) in [7, 11) is -5.83. The molecule has 1 N–H and O–H groups in total. The van der Waals surface area contributed by atoms with Crippen LogP contribution in [0.15, 0.2) is 0 Å². The molecule has 0 radical (unpaired) electrons. The van der Waals surface area contributed by atoms with Crippen molar-refractivity contribution in [3.63, 3.8) is 0 Å². The third kappa shape index (κ3) is 12.6. The summed E-state index contributed by atoms with van der Waals surface area (Å²) in [5, 5.41) is -3.15. The van der Waals surface area contributed by atoms with Crippen molar-refractivity contribution in [2.24, 2.45) is 0 Å². The lowest BCUT2D eigenvalue weighted by Crippen LogP contribution is -2.60. The predicted octanol–water partition coefficient (Wildman–Crippen LogP) is 5.82. The Morgan fingerprint density at radius 2 is 0.815 bits per heavy atom. The molecule has 0 aromatic heterocycles. The van der Waals surface area contributed by atoms with Gasteiger partial charge in [-0.25, -0.2) is 0 Å². The molecule has 11 nitrogen and oxygen atoms in total. The van der Waals surface area contributed by atoms with E-state index >= 15 is 0 Å². The van der Waals surface area contributed by atoms with E-state index in [4.69, 9.17) is 4.55 Å². The summed E-state index contributed by atoms with van der Waals surface area (Å²) in [5.74, 6) is -31.5. The number of hydrogen-bond donors (Lipinski definition) is 1. The lowest BCUT2D eigenvalue weighted by Gasteiger charge is -2.34. The fourth-order valence-corrected chi connectivity index (χ4v) is 3.30. The fourth-order valence-electron chi connectivity index (χ4n) is 2.64. The van der Waals surface area contributed by atoms with Crippen LogP contribution >= 0.6 is 0 Å². The smallest absolute Gasteiger partial charge is 0.462 e. The largest absolute Gasteiger partial charge is 0.463 e. The molecule has 0 saturated heterocycles. The molecule has 0 aromatic carbocycles. The minimum Gasteiger partial charge on any atom is -0.463 e. The lowest BCUT2D eigenvalue weighted by molar-refractivity contribution is -0.486. The Bertz CT molecular complexity index is 1380. The average molecular weight is 882 g/mol. The number of ether oxygens (including phenoxy) is 6. The average Bonchev–Trinajstić information content (AvgIpc) is 2.91. The van der Waals surface area contributed by atoms with Crippen LogP contribution in [0.4, 0.5) is 96.6 Å². The molecular formula is C20H16F22O11S. The molecule has 0 aliphatic rings. The zero-order chi connectivity index (χ0) is 43.4. The quantitative estimate of drug-likeness (QED) is 0.0684. The lowest BCUT2D eigenvalue weighted by atomic mass is 10.2. The maximum absolute atomic E-state index is 14.0. The number of rotatable bonds is 20. The zero-order valence-corrected chi connectivity index (χ0v) is 25.6. The van der Waals surface area contributed by atoms with Gasteiger partial charge in [0.25, 0.3) is 10.1 Å². The summed E-state index contributed by atoms with van der Waals surface area (Å²) in [4.78, 5) is 23.6. The van der Waals surface area contributed by atoms with Crippen molar-refractivity contribution in [3.05, 3.63) is 0 Å². The van der Waals surface area contributed by atoms with Crippen molar-refractivity contribution in [2.75, 3.05) is 39.6 Å². The van der Waals surface area contributed by atoms with Gasteiger partial charge in [0.2, 0.25) is 0 Å². The maximum Gasteiger partial charge on any atom is 0.462 e. The Labute approximate surface area is 282 Å². The molecule has 3 unspecified atom stereocenters. The Morgan fingerprint density at radius 1 is 0.500 bits per heavy atom. The number of esters is 2. The molecule has 0 heterocycles. The first-order chi connectivity index (χ1) is 23.5. The van der Waals surface area contributed by atoms with E-state index in [1.807, 2.05) is 0 Å². The van der Waals surface area contributed by atoms with E-state index in [-0.39, 0.29) is 0 Å². The van der Waals surface area contributed by atoms with Gasteiger partial charge in [0.1, 0.15) is 26.4 Å². The van der Waals surface area contributed by atoms with Crippen molar-refractivity contribution < 1.29 is 148 Å². The molecule has 322 valence electrons. The maximum atomic E-state index is 14.0. The van der Waals surface area contributed by atoms with Gasteiger partial charge in [-0.05, 0) is 0 Å². The van der Waals surface area contributed by atoms with Crippen LogP contribution < -0.4 is 0 Å². The molecule has 0 fully saturated rings. The second kappa shape index (κ2) is 16.7. The van der Waals surface area contributed by atoms with Gasteiger partial charge >= 0.3 is 72.4 Å². The molecular weight excluding hydrogens is 866 g/mol. The highest BCUT2D eigenvalue weighted by Gasteiger charge is 2.79. The number of carbonyl (C=O) groups excluding carboxylic acids is 2. The molecule has 0 aliphatic heterocycles. The Morgan fingerprint density at radius 3 is 1.09 bits per heavy atom. The highest BCUT2D eigenvalue weighted by Crippen LogP contribution is 2.52. The molecule has 0 rings (SSSR count). The van der Waals surface area contributed by atoms with Crippen LogP contribution in [0, 0.1) is 0 Å². The molecule has 0 aliphatic carbocycles. The number of hydrogen-bond acceptors (Lipinski definition) is 10. The number of carbonyl (C=O) groups is 2. The van der Waals surface area contributed by atoms with Crippen LogP contribution in [-0.2, 0) is 48.1 Å². The predicted molar refractivity (Wildman–Crippen MR) is 117 cm³/mol. The van der Waals surface area contributed by atoms with Crippen LogP contribution in [-0.4, -0.2) is 130 Å². The molecule has 54 heavy (non-hydrogen) atoms. The third-order valence-electron chi connectivity index (χ3n) is 5.38. The van der Waals surface area contributed by atoms with Gasteiger partial charge in [0, 0.05) is 0 Å². The zero-order valence-electron chi connectivity index (χ0n) is 24.8. The summed E-state index contributed by atoms with van der Waals surface area (Å²) in [6.07, 6.45) is -44.7. The molecule has 34 heteroatoms. The van der Waals surface area contributed by atoms with Gasteiger partial charge in [0.15, 0.2) is 5.25 Å². The van der Waals surface area contributed by atoms with Gasteiger partial charge in [-0.2, -0.15) is 105 Å². The van der Waals surface area contributed by atoms with E-state index in [0.29, 0.717) is 0 Å². The van der Waals surface area contributed by atoms with Gasteiger partial charge in [-0.3, -0.25) is 23.6 Å². The first-order valence-corrected chi connectivity index (χ1v) is 14.0. The minimum absolute atomic E-state index is 1.54. The minimum atomic E-state index is -7.43. The van der Waals surface area contributed by atoms with Crippen LogP contribution in [0.2, 0.25) is 0 Å². The molecule has 0 bridgehead atoms. The summed E-state index contributed by atoms with van der Waals surface area (Å²) >= 11 is 0. The Kier molecular flexibility index (Phi) is 15.8. The van der Waals surface area contributed by atoms with Crippen molar-refractivity contribution >= 4 is 22.1 Å². The Hall–Kier alpha value is -2.85. The summed E-state index contributed by atoms with van der Waals surface area (Å²) in [6, 6.07) is 0. The molecule has 0 aromatic rings. The van der Waals surface area contributed by atoms with Crippen LogP contribution in [0.1, 0.15) is 6.42 Å². The highest BCUT2D eigenvalue weighted by atomic mass is 32.2. The van der Waals surface area contributed by atoms with Crippen LogP contribution in [0.3, 0.4) is 0 Å². The molecule has 0 saturated carbocycles. The standard InChI is InChI=1S/C20H16F22O11S/c21-11(15(27,28)29,52-19(39,40)13(23,24)17(33,34)35)6-48-1-3-50-9(43)5-8(54(45,46)47)10(44)51-4-2-49-7-12(22,16(30,31)32)53-20(41,42)14(25,26)18(36,37)38/h8H,1-7H2,(H,45,46,47). The highest BCUT2D eigenvalue weighted by molar-refractivity contribution is 7.87. The third-order valence-corrected chi connectivity index (χ3v) is 6.46. The first kappa shape index (κ1) is 51.1. The van der Waals surface area contributed by atoms with Gasteiger partial charge in [-0.1, -0.05) is 0 Å². The topological polar surface area (TPSA) is 144 Å². The molecule has 0 spiro atoms. The van der Waals surface area contributed by atoms with E-state index in [1.54, 1.807) is 0 Å². The van der Waals surface area contributed by atoms with Gasteiger partial charge in [-0.15, -0.1) is 0 Å². The van der Waals surface area contributed by atoms with Crippen molar-refractivity contribution in [2.45, 2.75) is 72.1 Å². The van der Waals surface area contributed by atoms with Crippen molar-refractivity contribution in [3.8, 4) is 0 Å². The Balaban J connectivity index is 5.34. The SMILES string of the molecule is O=C(CC(C(=O)OCCOCC(F)(OC(F)(F)C(F)(F)C(F)(F)F)C(F)(F)F)S(=O)(=O)O)OCCOCC(F)(OC(F)(F)C(F)(F)C(F)(F)F)C(F)(F)F. The second-order valence-corrected chi connectivity index (χ2v) is 11.1. The second-order valence-electron chi connectivity index (χ2n) is 9.54. The summed E-state index contributed by atoms with van der Waals surface area (Å²) in [5.41, 5.74) is 0. The summed E-state index contributed by atoms with van der Waals surface area (Å²) in [6.45, 7) is -12.5. The fraction of sp³-hybridized carbons (Fsp3) is 0.900. The van der Waals surface area contributed by atoms with Gasteiger partial charge in [0.05, 0.1) is 19.6 Å². The van der Waals surface area contributed by atoms with Gasteiger partial charge < -0.3 is 18.9 Å². The van der Waals surface area contributed by atoms with E-state index < -0.39 is 134 Å². The van der Waals surface area contributed by atoms with Crippen molar-refractivity contribution in [1.82, 2.24) is 0 Å². The van der Waals surface area contributed by atoms with Crippen LogP contribution in [0.5, 0.6) is 0 Å². The van der Waals surface area contributed by atoms with E-state index in [2.05, 4.69) is 28.4 Å². The molecule has 0 amide bonds. The summed E-state index contributed by atoms with van der Waals surface area (Å²) < 4.78 is 334. The van der Waals surface area contributed by atoms with E-state index in [1.165, 1.54) is 0 Å². The normalized spacial score (nSPS) is 17.4. The monoisotopic (exact) mass is 882 g/mol. The number of halogens is 22. The van der Waals surface area contributed by atoms with Crippen molar-refractivity contribution in [1.29, 1.82) is 0 Å². The first-order valence-electron chi connectivity index (χ1n) is 12.5. The van der Waals surface area contributed by atoms with E-state index in [0.717, 1.165) is 0 Å². The molecule has 3 atom stereocenters. The number of alkyl halides is 22.